The molecular weight excluding hydrogens is 531 g/mol. The third kappa shape index (κ3) is 5.76. The number of nitrogens with zero attached hydrogens (tertiary/aromatic N) is 2. The molecule has 2 N–H and O–H groups in total. The van der Waals surface area contributed by atoms with Crippen LogP contribution in [0.5, 0.6) is 0 Å². The molecule has 8 nitrogen and oxygen atoms in total. The highest BCUT2D eigenvalue weighted by Crippen LogP contribution is 2.30. The van der Waals surface area contributed by atoms with Gasteiger partial charge in [-0.3, -0.25) is 9.59 Å². The first-order chi connectivity index (χ1) is 18.2. The molecular formula is C27H26ClFN4O4S. The van der Waals surface area contributed by atoms with Crippen LogP contribution in [-0.2, 0) is 20.4 Å². The number of amides is 2. The molecule has 38 heavy (non-hydrogen) atoms. The molecule has 0 spiro atoms. The second kappa shape index (κ2) is 10.6. The van der Waals surface area contributed by atoms with Crippen LogP contribution in [0.25, 0.3) is 0 Å². The molecule has 2 heterocycles. The highest BCUT2D eigenvalue weighted by Gasteiger charge is 2.31. The number of nitrogens with one attached hydrogen (secondary N) is 2. The number of sulfone groups is 1. The molecule has 2 amide bonds. The van der Waals surface area contributed by atoms with E-state index in [0.29, 0.717) is 53.7 Å². The molecule has 0 radical (unpaired) electrons. The van der Waals surface area contributed by atoms with Gasteiger partial charge in [-0.05, 0) is 54.1 Å². The number of benzene rings is 3. The predicted molar refractivity (Wildman–Crippen MR) is 146 cm³/mol. The Labute approximate surface area is 225 Å². The summed E-state index contributed by atoms with van der Waals surface area (Å²) in [6.07, 6.45) is 0. The summed E-state index contributed by atoms with van der Waals surface area (Å²) in [5.74, 6) is -1.61. The van der Waals surface area contributed by atoms with Gasteiger partial charge in [-0.2, -0.15) is 0 Å². The summed E-state index contributed by atoms with van der Waals surface area (Å²) >= 11 is 6.10. The molecule has 3 aromatic rings. The van der Waals surface area contributed by atoms with Crippen LogP contribution in [0.3, 0.4) is 0 Å². The molecule has 0 bridgehead atoms. The van der Waals surface area contributed by atoms with Gasteiger partial charge in [0.05, 0.1) is 22.9 Å². The SMILES string of the molecule is O=C1Nc2cc(C(=O)N3CCN(c4ccc(F)cc4)CC3)ccc2N[C@H]1CS(=O)(=O)Cc1ccccc1Cl. The number of anilines is 3. The Kier molecular flexibility index (Phi) is 7.27. The number of carbonyl (C=O) groups is 2. The highest BCUT2D eigenvalue weighted by molar-refractivity contribution is 7.90. The zero-order valence-electron chi connectivity index (χ0n) is 20.4. The van der Waals surface area contributed by atoms with Crippen LogP contribution in [0.15, 0.2) is 66.7 Å². The Balaban J connectivity index is 1.22. The van der Waals surface area contributed by atoms with Crippen LogP contribution in [0, 0.1) is 5.82 Å². The number of halogens is 2. The van der Waals surface area contributed by atoms with Crippen LogP contribution in [0.4, 0.5) is 21.5 Å². The Hall–Kier alpha value is -3.63. The molecule has 1 saturated heterocycles. The van der Waals surface area contributed by atoms with E-state index in [-0.39, 0.29) is 17.5 Å². The van der Waals surface area contributed by atoms with Crippen LogP contribution >= 0.6 is 11.6 Å². The van der Waals surface area contributed by atoms with Gasteiger partial charge in [-0.25, -0.2) is 12.8 Å². The van der Waals surface area contributed by atoms with Crippen molar-refractivity contribution in [3.63, 3.8) is 0 Å². The van der Waals surface area contributed by atoms with Gasteiger partial charge in [-0.1, -0.05) is 29.8 Å². The van der Waals surface area contributed by atoms with Crippen LogP contribution in [0.2, 0.25) is 5.02 Å². The lowest BCUT2D eigenvalue weighted by Gasteiger charge is -2.36. The maximum absolute atomic E-state index is 13.2. The molecule has 198 valence electrons. The van der Waals surface area contributed by atoms with Gasteiger partial charge in [0.2, 0.25) is 5.91 Å². The molecule has 1 fully saturated rings. The van der Waals surface area contributed by atoms with Gasteiger partial charge < -0.3 is 20.4 Å². The molecule has 2 aliphatic rings. The molecule has 11 heteroatoms. The van der Waals surface area contributed by atoms with Crippen molar-refractivity contribution in [3.05, 3.63) is 88.7 Å². The summed E-state index contributed by atoms with van der Waals surface area (Å²) in [5, 5.41) is 6.09. The molecule has 3 aromatic carbocycles. The third-order valence-corrected chi connectivity index (χ3v) is 8.64. The first-order valence-corrected chi connectivity index (χ1v) is 14.3. The number of carbonyl (C=O) groups excluding carboxylic acids is 2. The molecule has 2 aliphatic heterocycles. The molecule has 0 unspecified atom stereocenters. The topological polar surface area (TPSA) is 98.8 Å². The number of fused-ring (bicyclic) bond motifs is 1. The lowest BCUT2D eigenvalue weighted by Crippen LogP contribution is -2.49. The summed E-state index contributed by atoms with van der Waals surface area (Å²) in [6.45, 7) is 2.24. The van der Waals surface area contributed by atoms with Crippen molar-refractivity contribution >= 4 is 50.3 Å². The van der Waals surface area contributed by atoms with E-state index in [9.17, 15) is 22.4 Å². The Morgan fingerprint density at radius 2 is 1.68 bits per heavy atom. The van der Waals surface area contributed by atoms with Gasteiger partial charge in [0.15, 0.2) is 9.84 Å². The summed E-state index contributed by atoms with van der Waals surface area (Å²) in [7, 11) is -3.65. The van der Waals surface area contributed by atoms with E-state index in [1.54, 1.807) is 59.5 Å². The Morgan fingerprint density at radius 3 is 2.39 bits per heavy atom. The average Bonchev–Trinajstić information content (AvgIpc) is 2.90. The lowest BCUT2D eigenvalue weighted by molar-refractivity contribution is -0.116. The van der Waals surface area contributed by atoms with Crippen molar-refractivity contribution in [1.82, 2.24) is 4.90 Å². The molecule has 1 atom stereocenters. The van der Waals surface area contributed by atoms with Crippen LogP contribution < -0.4 is 15.5 Å². The Morgan fingerprint density at radius 1 is 0.974 bits per heavy atom. The summed E-state index contributed by atoms with van der Waals surface area (Å²) in [6, 6.07) is 16.9. The van der Waals surface area contributed by atoms with Crippen LogP contribution in [0.1, 0.15) is 15.9 Å². The zero-order chi connectivity index (χ0) is 26.9. The highest BCUT2D eigenvalue weighted by atomic mass is 35.5. The van der Waals surface area contributed by atoms with E-state index < -0.39 is 27.5 Å². The minimum atomic E-state index is -3.65. The van der Waals surface area contributed by atoms with Gasteiger partial charge in [-0.15, -0.1) is 0 Å². The van der Waals surface area contributed by atoms with Gasteiger partial charge in [0.25, 0.3) is 5.91 Å². The quantitative estimate of drug-likeness (QED) is 0.479. The number of piperazine rings is 1. The van der Waals surface area contributed by atoms with Crippen molar-refractivity contribution < 1.29 is 22.4 Å². The van der Waals surface area contributed by atoms with Crippen molar-refractivity contribution in [3.8, 4) is 0 Å². The van der Waals surface area contributed by atoms with E-state index in [0.717, 1.165) is 5.69 Å². The van der Waals surface area contributed by atoms with Crippen molar-refractivity contribution in [2.75, 3.05) is 47.5 Å². The number of hydrogen-bond acceptors (Lipinski definition) is 6. The van der Waals surface area contributed by atoms with Gasteiger partial charge >= 0.3 is 0 Å². The fraction of sp³-hybridized carbons (Fsp3) is 0.259. The first kappa shape index (κ1) is 26.0. The molecule has 5 rings (SSSR count). The second-order valence-corrected chi connectivity index (χ2v) is 11.9. The molecule has 0 saturated carbocycles. The fourth-order valence-electron chi connectivity index (χ4n) is 4.66. The van der Waals surface area contributed by atoms with Crippen LogP contribution in [-0.4, -0.2) is 63.1 Å². The van der Waals surface area contributed by atoms with Crippen molar-refractivity contribution in [2.24, 2.45) is 0 Å². The van der Waals surface area contributed by atoms with Crippen molar-refractivity contribution in [1.29, 1.82) is 0 Å². The van der Waals surface area contributed by atoms with E-state index in [4.69, 9.17) is 11.6 Å². The smallest absolute Gasteiger partial charge is 0.254 e. The lowest BCUT2D eigenvalue weighted by atomic mass is 10.1. The maximum atomic E-state index is 13.2. The monoisotopic (exact) mass is 556 g/mol. The van der Waals surface area contributed by atoms with E-state index >= 15 is 0 Å². The maximum Gasteiger partial charge on any atom is 0.254 e. The van der Waals surface area contributed by atoms with Gasteiger partial charge in [0.1, 0.15) is 11.9 Å². The molecule has 0 aliphatic carbocycles. The average molecular weight is 557 g/mol. The number of hydrogen-bond donors (Lipinski definition) is 2. The van der Waals surface area contributed by atoms with E-state index in [1.807, 2.05) is 0 Å². The zero-order valence-corrected chi connectivity index (χ0v) is 21.9. The van der Waals surface area contributed by atoms with E-state index in [2.05, 4.69) is 15.5 Å². The largest absolute Gasteiger partial charge is 0.371 e. The minimum absolute atomic E-state index is 0.162. The third-order valence-electron chi connectivity index (χ3n) is 6.68. The normalized spacial score (nSPS) is 17.4. The summed E-state index contributed by atoms with van der Waals surface area (Å²) < 4.78 is 38.8. The standard InChI is InChI=1S/C27H26ClFN4O4S/c28-22-4-2-1-3-19(22)16-38(36,37)17-25-26(34)31-24-15-18(5-10-23(24)30-25)27(35)33-13-11-32(12-14-33)21-8-6-20(29)7-9-21/h1-10,15,25,30H,11-14,16-17H2,(H,31,34)/t25-/m0/s1. The Bertz CT molecular complexity index is 1470. The second-order valence-electron chi connectivity index (χ2n) is 9.35. The fourth-order valence-corrected chi connectivity index (χ4v) is 6.53. The number of rotatable bonds is 6. The summed E-state index contributed by atoms with van der Waals surface area (Å²) in [4.78, 5) is 29.7. The molecule has 0 aromatic heterocycles. The first-order valence-electron chi connectivity index (χ1n) is 12.1. The van der Waals surface area contributed by atoms with Crippen molar-refractivity contribution in [2.45, 2.75) is 11.8 Å². The minimum Gasteiger partial charge on any atom is -0.371 e. The van der Waals surface area contributed by atoms with Gasteiger partial charge in [0, 0.05) is 42.5 Å². The summed E-state index contributed by atoms with van der Waals surface area (Å²) in [5.41, 5.74) is 2.77. The van der Waals surface area contributed by atoms with E-state index in [1.165, 1.54) is 12.1 Å². The predicted octanol–water partition coefficient (Wildman–Crippen LogP) is 3.79.